The van der Waals surface area contributed by atoms with E-state index in [-0.39, 0.29) is 5.41 Å². The highest BCUT2D eigenvalue weighted by Crippen LogP contribution is 2.38. The molecule has 5 aliphatic rings. The largest absolute Gasteiger partial charge is 0.371 e. The number of Topliss-reactive ketones (excluding diaryl/α,β-unsaturated/α-hetero) is 1. The van der Waals surface area contributed by atoms with Crippen molar-refractivity contribution in [1.29, 1.82) is 0 Å². The molecule has 0 amide bonds. The van der Waals surface area contributed by atoms with Gasteiger partial charge < -0.3 is 10.2 Å². The molecule has 3 aliphatic heterocycles. The van der Waals surface area contributed by atoms with Gasteiger partial charge in [0.25, 0.3) is 0 Å². The van der Waals surface area contributed by atoms with E-state index >= 15 is 0 Å². The third-order valence-electron chi connectivity index (χ3n) is 8.79. The summed E-state index contributed by atoms with van der Waals surface area (Å²) in [6.45, 7) is 3.82. The number of hydrogen-bond acceptors (Lipinski definition) is 4. The van der Waals surface area contributed by atoms with Crippen molar-refractivity contribution in [1.82, 2.24) is 10.2 Å². The maximum Gasteiger partial charge on any atom is 0.161 e. The Bertz CT molecular complexity index is 1320. The molecule has 0 atom stereocenters. The number of aliphatic imine (C=N–C) groups is 1. The van der Waals surface area contributed by atoms with Crippen molar-refractivity contribution in [2.24, 2.45) is 10.9 Å². The van der Waals surface area contributed by atoms with Gasteiger partial charge in [0.15, 0.2) is 5.78 Å². The van der Waals surface area contributed by atoms with Crippen LogP contribution < -0.4 is 5.32 Å². The summed E-state index contributed by atoms with van der Waals surface area (Å²) < 4.78 is 0. The predicted octanol–water partition coefficient (Wildman–Crippen LogP) is 5.90. The smallest absolute Gasteiger partial charge is 0.161 e. The van der Waals surface area contributed by atoms with E-state index in [4.69, 9.17) is 6.42 Å². The Labute approximate surface area is 227 Å². The number of allylic oxidation sites excluding steroid dienone is 6. The number of carbonyl (C=O) groups is 1. The number of carbonyl (C=O) groups excluding carboxylic acids is 1. The Kier molecular flexibility index (Phi) is 7.04. The molecule has 1 aromatic carbocycles. The summed E-state index contributed by atoms with van der Waals surface area (Å²) in [5.41, 5.74) is 8.42. The van der Waals surface area contributed by atoms with E-state index in [1.54, 1.807) is 0 Å². The van der Waals surface area contributed by atoms with Gasteiger partial charge in [-0.2, -0.15) is 0 Å². The van der Waals surface area contributed by atoms with Crippen LogP contribution in [0.2, 0.25) is 0 Å². The molecule has 1 saturated carbocycles. The van der Waals surface area contributed by atoms with E-state index in [1.165, 1.54) is 33.5 Å². The van der Waals surface area contributed by atoms with Crippen molar-refractivity contribution in [3.63, 3.8) is 0 Å². The SMILES string of the molecule is C#CC1(c2ccc(C3=CCC4=CN=CC=C(N5CC/C=C(\C(=O)C6CC6)CCC5)C4=C3)cc2)CCNCC1. The number of rotatable bonds is 5. The molecule has 1 N–H and O–H groups in total. The third kappa shape index (κ3) is 5.00. The Balaban J connectivity index is 1.22. The Hall–Kier alpha value is -3.42. The first-order valence-electron chi connectivity index (χ1n) is 14.3. The molecule has 0 bridgehead atoms. The van der Waals surface area contributed by atoms with Gasteiger partial charge in [-0.1, -0.05) is 42.3 Å². The first-order valence-corrected chi connectivity index (χ1v) is 14.3. The van der Waals surface area contributed by atoms with Crippen LogP contribution in [0.5, 0.6) is 0 Å². The monoisotopic (exact) mass is 503 g/mol. The normalized spacial score (nSPS) is 24.6. The minimum Gasteiger partial charge on any atom is -0.371 e. The summed E-state index contributed by atoms with van der Waals surface area (Å²) >= 11 is 0. The van der Waals surface area contributed by atoms with Crippen molar-refractivity contribution in [2.45, 2.75) is 56.8 Å². The summed E-state index contributed by atoms with van der Waals surface area (Å²) in [4.78, 5) is 19.6. The van der Waals surface area contributed by atoms with Crippen molar-refractivity contribution >= 4 is 17.6 Å². The van der Waals surface area contributed by atoms with Gasteiger partial charge in [-0.3, -0.25) is 9.79 Å². The molecule has 6 rings (SSSR count). The number of ketones is 1. The lowest BCUT2D eigenvalue weighted by molar-refractivity contribution is -0.116. The minimum atomic E-state index is -0.156. The first kappa shape index (κ1) is 24.9. The zero-order chi connectivity index (χ0) is 26.0. The van der Waals surface area contributed by atoms with E-state index < -0.39 is 0 Å². The lowest BCUT2D eigenvalue weighted by Crippen LogP contribution is -2.38. The highest BCUT2D eigenvalue weighted by Gasteiger charge is 2.33. The fourth-order valence-electron chi connectivity index (χ4n) is 6.30. The van der Waals surface area contributed by atoms with Crippen LogP contribution in [0.4, 0.5) is 0 Å². The van der Waals surface area contributed by atoms with Gasteiger partial charge in [0, 0.05) is 42.7 Å². The second-order valence-electron chi connectivity index (χ2n) is 11.2. The van der Waals surface area contributed by atoms with E-state index in [9.17, 15) is 4.79 Å². The molecule has 194 valence electrons. The molecule has 2 aliphatic carbocycles. The highest BCUT2D eigenvalue weighted by atomic mass is 16.1. The van der Waals surface area contributed by atoms with Crippen molar-refractivity contribution < 1.29 is 4.79 Å². The summed E-state index contributed by atoms with van der Waals surface area (Å²) in [6.07, 6.45) is 26.8. The summed E-state index contributed by atoms with van der Waals surface area (Å²) in [5.74, 6) is 3.85. The number of piperidine rings is 1. The Morgan fingerprint density at radius 2 is 1.92 bits per heavy atom. The van der Waals surface area contributed by atoms with Gasteiger partial charge in [-0.15, -0.1) is 6.42 Å². The molecular formula is C34H37N3O. The molecule has 1 aromatic rings. The van der Waals surface area contributed by atoms with Crippen LogP contribution in [-0.4, -0.2) is 43.1 Å². The maximum absolute atomic E-state index is 12.6. The number of terminal acetylenes is 1. The Morgan fingerprint density at radius 1 is 1.11 bits per heavy atom. The van der Waals surface area contributed by atoms with Crippen LogP contribution in [0.3, 0.4) is 0 Å². The van der Waals surface area contributed by atoms with Crippen LogP contribution >= 0.6 is 0 Å². The fourth-order valence-corrected chi connectivity index (χ4v) is 6.30. The van der Waals surface area contributed by atoms with Crippen molar-refractivity contribution in [3.05, 3.63) is 88.3 Å². The van der Waals surface area contributed by atoms with Crippen molar-refractivity contribution in [2.75, 3.05) is 26.2 Å². The molecule has 0 aromatic heterocycles. The van der Waals surface area contributed by atoms with Crippen LogP contribution in [0.1, 0.15) is 62.5 Å². The average molecular weight is 504 g/mol. The van der Waals surface area contributed by atoms with Crippen LogP contribution in [0.25, 0.3) is 5.57 Å². The van der Waals surface area contributed by atoms with E-state index in [2.05, 4.69) is 69.7 Å². The van der Waals surface area contributed by atoms with Crippen molar-refractivity contribution in [3.8, 4) is 12.3 Å². The molecule has 4 nitrogen and oxygen atoms in total. The summed E-state index contributed by atoms with van der Waals surface area (Å²) in [5, 5.41) is 3.44. The molecule has 0 radical (unpaired) electrons. The van der Waals surface area contributed by atoms with Gasteiger partial charge in [-0.05, 0) is 104 Å². The average Bonchev–Trinajstić information content (AvgIpc) is 3.81. The maximum atomic E-state index is 12.6. The quantitative estimate of drug-likeness (QED) is 0.509. The zero-order valence-electron chi connectivity index (χ0n) is 22.2. The van der Waals surface area contributed by atoms with Gasteiger partial charge in [0.2, 0.25) is 0 Å². The number of nitrogens with one attached hydrogen (secondary N) is 1. The van der Waals surface area contributed by atoms with Crippen LogP contribution in [0, 0.1) is 18.3 Å². The molecule has 1 saturated heterocycles. The lowest BCUT2D eigenvalue weighted by atomic mass is 9.73. The second-order valence-corrected chi connectivity index (χ2v) is 11.2. The summed E-state index contributed by atoms with van der Waals surface area (Å²) in [7, 11) is 0. The molecular weight excluding hydrogens is 466 g/mol. The second kappa shape index (κ2) is 10.8. The Morgan fingerprint density at radius 3 is 2.68 bits per heavy atom. The van der Waals surface area contributed by atoms with Gasteiger partial charge in [-0.25, -0.2) is 0 Å². The lowest BCUT2D eigenvalue weighted by Gasteiger charge is -2.33. The topological polar surface area (TPSA) is 44.7 Å². The number of hydrogen-bond donors (Lipinski definition) is 1. The molecule has 3 heterocycles. The standard InChI is InChI=1S/C34H37N3O/c1-2-34(16-19-35-20-17-34)30-13-11-25(12-14-30)28-9-10-29-24-36-18-15-32(31(29)23-28)37-21-3-5-26(6-4-22-37)33(38)27-7-8-27/h1,5,9,11-15,18,23-24,27,35H,3-4,6-8,10,16-17,19-22H2/b26-5-. The number of fused-ring (bicyclic) bond motifs is 1. The van der Waals surface area contributed by atoms with Gasteiger partial charge in [0.05, 0.1) is 5.41 Å². The first-order chi connectivity index (χ1) is 18.7. The zero-order valence-corrected chi connectivity index (χ0v) is 22.2. The number of nitrogens with zero attached hydrogens (tertiary/aromatic N) is 2. The molecule has 0 unspecified atom stereocenters. The molecule has 4 heteroatoms. The summed E-state index contributed by atoms with van der Waals surface area (Å²) in [6, 6.07) is 8.96. The fraction of sp³-hybridized carbons (Fsp3) is 0.412. The van der Waals surface area contributed by atoms with E-state index in [0.29, 0.717) is 11.7 Å². The van der Waals surface area contributed by atoms with E-state index in [1.807, 2.05) is 12.4 Å². The highest BCUT2D eigenvalue weighted by molar-refractivity contribution is 5.98. The number of benzene rings is 1. The van der Waals surface area contributed by atoms with Gasteiger partial charge in [0.1, 0.15) is 0 Å². The van der Waals surface area contributed by atoms with Crippen LogP contribution in [0.15, 0.2) is 82.2 Å². The predicted molar refractivity (Wildman–Crippen MR) is 156 cm³/mol. The minimum absolute atomic E-state index is 0.156. The van der Waals surface area contributed by atoms with Gasteiger partial charge >= 0.3 is 0 Å². The third-order valence-corrected chi connectivity index (χ3v) is 8.79. The molecule has 0 spiro atoms. The molecule has 38 heavy (non-hydrogen) atoms. The van der Waals surface area contributed by atoms with Crippen LogP contribution in [-0.2, 0) is 10.2 Å². The van der Waals surface area contributed by atoms with E-state index in [0.717, 1.165) is 83.1 Å². The molecule has 2 fully saturated rings.